The van der Waals surface area contributed by atoms with Crippen LogP contribution in [-0.2, 0) is 14.4 Å². The highest BCUT2D eigenvalue weighted by molar-refractivity contribution is 5.82. The van der Waals surface area contributed by atoms with Crippen LogP contribution in [0.5, 0.6) is 11.5 Å². The fourth-order valence-electron chi connectivity index (χ4n) is 4.34. The molecule has 1 fully saturated rings. The van der Waals surface area contributed by atoms with E-state index in [2.05, 4.69) is 10.8 Å². The Hall–Kier alpha value is -3.79. The van der Waals surface area contributed by atoms with Gasteiger partial charge < -0.3 is 24.6 Å². The highest BCUT2D eigenvalue weighted by Gasteiger charge is 2.33. The Morgan fingerprint density at radius 3 is 2.63 bits per heavy atom. The molecule has 2 aromatic rings. The third-order valence-corrected chi connectivity index (χ3v) is 6.20. The Bertz CT molecular complexity index is 1150. The summed E-state index contributed by atoms with van der Waals surface area (Å²) < 4.78 is 26.5. The van der Waals surface area contributed by atoms with Gasteiger partial charge in [-0.1, -0.05) is 18.2 Å². The molecule has 0 aromatic heterocycles. The predicted octanol–water partition coefficient (Wildman–Crippen LogP) is 1.69. The summed E-state index contributed by atoms with van der Waals surface area (Å²) in [6.45, 7) is 3.89. The van der Waals surface area contributed by atoms with Gasteiger partial charge in [0.15, 0.2) is 11.5 Å². The molecule has 2 N–H and O–H groups in total. The van der Waals surface area contributed by atoms with Crippen molar-refractivity contribution in [3.8, 4) is 11.5 Å². The number of anilines is 1. The van der Waals surface area contributed by atoms with Crippen molar-refractivity contribution in [1.29, 1.82) is 0 Å². The highest BCUT2D eigenvalue weighted by Crippen LogP contribution is 2.32. The van der Waals surface area contributed by atoms with E-state index in [0.29, 0.717) is 61.2 Å². The lowest BCUT2D eigenvalue weighted by molar-refractivity contribution is -0.141. The van der Waals surface area contributed by atoms with Crippen LogP contribution in [0.3, 0.4) is 0 Å². The number of hydrogen-bond acceptors (Lipinski definition) is 7. The van der Waals surface area contributed by atoms with Gasteiger partial charge in [0.25, 0.3) is 5.91 Å². The second kappa shape index (κ2) is 9.83. The molecule has 5 rings (SSSR count). The summed E-state index contributed by atoms with van der Waals surface area (Å²) >= 11 is 0. The zero-order valence-corrected chi connectivity index (χ0v) is 19.3. The number of ether oxygens (including phenoxy) is 2. The normalized spacial score (nSPS) is 21.3. The Labute approximate surface area is 202 Å². The average Bonchev–Trinajstić information content (AvgIpc) is 3.36. The van der Waals surface area contributed by atoms with Crippen molar-refractivity contribution in [3.63, 3.8) is 0 Å². The van der Waals surface area contributed by atoms with Gasteiger partial charge in [0, 0.05) is 38.7 Å². The van der Waals surface area contributed by atoms with E-state index in [0.717, 1.165) is 0 Å². The molecule has 0 bridgehead atoms. The summed E-state index contributed by atoms with van der Waals surface area (Å²) in [5.41, 5.74) is 4.58. The molecule has 9 nitrogen and oxygen atoms in total. The molecule has 1 saturated heterocycles. The molecule has 2 unspecified atom stereocenters. The van der Waals surface area contributed by atoms with Crippen LogP contribution in [0.2, 0.25) is 0 Å². The standard InChI is InChI=1S/C25H27FN4O5/c1-16(31)27-14-18-13-20(28-35-18)17-6-7-21(19(26)12-17)29-8-10-30(11-9-29)25(32)24-15-33-22-4-2-3-5-23(22)34-24/h2-7,12-13,18,24,28H,8-11,14-15H2,1H3,(H,27,31). The van der Waals surface area contributed by atoms with Gasteiger partial charge in [-0.2, -0.15) is 0 Å². The van der Waals surface area contributed by atoms with E-state index in [1.165, 1.54) is 13.0 Å². The van der Waals surface area contributed by atoms with Crippen molar-refractivity contribution in [2.24, 2.45) is 0 Å². The van der Waals surface area contributed by atoms with Crippen molar-refractivity contribution in [2.75, 3.05) is 44.2 Å². The van der Waals surface area contributed by atoms with E-state index in [1.807, 2.05) is 35.2 Å². The summed E-state index contributed by atoms with van der Waals surface area (Å²) in [4.78, 5) is 33.1. The molecule has 3 heterocycles. The number of hydrogen-bond donors (Lipinski definition) is 2. The highest BCUT2D eigenvalue weighted by atomic mass is 19.1. The molecule has 184 valence electrons. The third-order valence-electron chi connectivity index (χ3n) is 6.20. The van der Waals surface area contributed by atoms with E-state index >= 15 is 4.39 Å². The van der Waals surface area contributed by atoms with E-state index in [9.17, 15) is 9.59 Å². The number of hydroxylamine groups is 1. The minimum absolute atomic E-state index is 0.122. The van der Waals surface area contributed by atoms with E-state index in [4.69, 9.17) is 14.3 Å². The smallest absolute Gasteiger partial charge is 0.267 e. The van der Waals surface area contributed by atoms with E-state index in [-0.39, 0.29) is 30.3 Å². The van der Waals surface area contributed by atoms with Gasteiger partial charge >= 0.3 is 0 Å². The summed E-state index contributed by atoms with van der Waals surface area (Å²) in [6, 6.07) is 12.3. The maximum atomic E-state index is 15.0. The number of benzene rings is 2. The number of piperazine rings is 1. The van der Waals surface area contributed by atoms with Crippen molar-refractivity contribution in [3.05, 3.63) is 59.9 Å². The molecule has 35 heavy (non-hydrogen) atoms. The molecule has 2 atom stereocenters. The Morgan fingerprint density at radius 2 is 1.89 bits per heavy atom. The SMILES string of the molecule is CC(=O)NCC1C=C(c2ccc(N3CCN(C(=O)C4COc5ccccc5O4)CC3)c(F)c2)NO1. The maximum Gasteiger partial charge on any atom is 0.267 e. The number of carbonyl (C=O) groups excluding carboxylic acids is 2. The van der Waals surface area contributed by atoms with Crippen LogP contribution in [0.1, 0.15) is 12.5 Å². The first-order chi connectivity index (χ1) is 17.0. The van der Waals surface area contributed by atoms with E-state index in [1.54, 1.807) is 17.0 Å². The zero-order chi connectivity index (χ0) is 24.4. The van der Waals surface area contributed by atoms with E-state index < -0.39 is 6.10 Å². The second-order valence-corrected chi connectivity index (χ2v) is 8.62. The molecule has 0 spiro atoms. The lowest BCUT2D eigenvalue weighted by Gasteiger charge is -2.38. The first kappa shape index (κ1) is 23.0. The first-order valence-electron chi connectivity index (χ1n) is 11.6. The van der Waals surface area contributed by atoms with Gasteiger partial charge in [-0.05, 0) is 30.3 Å². The van der Waals surface area contributed by atoms with Crippen LogP contribution >= 0.6 is 0 Å². The lowest BCUT2D eigenvalue weighted by atomic mass is 10.1. The fourth-order valence-corrected chi connectivity index (χ4v) is 4.34. The topological polar surface area (TPSA) is 92.4 Å². The molecule has 3 aliphatic heterocycles. The molecular formula is C25H27FN4O5. The van der Waals surface area contributed by atoms with Crippen LogP contribution in [0.4, 0.5) is 10.1 Å². The number of carbonyl (C=O) groups is 2. The predicted molar refractivity (Wildman–Crippen MR) is 126 cm³/mol. The average molecular weight is 483 g/mol. The van der Waals surface area contributed by atoms with Crippen LogP contribution in [0.25, 0.3) is 5.70 Å². The molecule has 10 heteroatoms. The summed E-state index contributed by atoms with van der Waals surface area (Å²) in [7, 11) is 0. The Morgan fingerprint density at radius 1 is 1.11 bits per heavy atom. The number of halogens is 1. The quantitative estimate of drug-likeness (QED) is 0.670. The number of nitrogens with one attached hydrogen (secondary N) is 2. The maximum absolute atomic E-state index is 15.0. The van der Waals surface area contributed by atoms with Gasteiger partial charge in [-0.15, -0.1) is 0 Å². The number of fused-ring (bicyclic) bond motifs is 1. The van der Waals surface area contributed by atoms with Crippen LogP contribution < -0.4 is 25.2 Å². The van der Waals surface area contributed by atoms with Crippen molar-refractivity contribution in [1.82, 2.24) is 15.7 Å². The molecule has 0 aliphatic carbocycles. The second-order valence-electron chi connectivity index (χ2n) is 8.62. The number of nitrogens with zero attached hydrogens (tertiary/aromatic N) is 2. The fraction of sp³-hybridized carbons (Fsp3) is 0.360. The van der Waals surface area contributed by atoms with Gasteiger partial charge in [-0.3, -0.25) is 19.9 Å². The van der Waals surface area contributed by atoms with Crippen molar-refractivity contribution < 1.29 is 28.3 Å². The molecule has 0 saturated carbocycles. The molecular weight excluding hydrogens is 455 g/mol. The van der Waals surface area contributed by atoms with Crippen molar-refractivity contribution >= 4 is 23.2 Å². The zero-order valence-electron chi connectivity index (χ0n) is 19.3. The van der Waals surface area contributed by atoms with Gasteiger partial charge in [0.1, 0.15) is 18.5 Å². The van der Waals surface area contributed by atoms with Crippen LogP contribution in [-0.4, -0.2) is 68.3 Å². The molecule has 0 radical (unpaired) electrons. The van der Waals surface area contributed by atoms with Gasteiger partial charge in [-0.25, -0.2) is 4.39 Å². The van der Waals surface area contributed by atoms with Gasteiger partial charge in [0.2, 0.25) is 12.0 Å². The largest absolute Gasteiger partial charge is 0.485 e. The Balaban J connectivity index is 1.17. The number of rotatable bonds is 5. The third kappa shape index (κ3) is 5.02. The number of para-hydroxylation sites is 2. The molecule has 2 amide bonds. The summed E-state index contributed by atoms with van der Waals surface area (Å²) in [5, 5.41) is 2.69. The van der Waals surface area contributed by atoms with Crippen molar-refractivity contribution in [2.45, 2.75) is 19.1 Å². The van der Waals surface area contributed by atoms with Crippen LogP contribution in [0, 0.1) is 5.82 Å². The molecule has 3 aliphatic rings. The summed E-state index contributed by atoms with van der Waals surface area (Å²) in [5.74, 6) is 0.590. The van der Waals surface area contributed by atoms with Crippen LogP contribution in [0.15, 0.2) is 48.5 Å². The lowest BCUT2D eigenvalue weighted by Crippen LogP contribution is -2.54. The monoisotopic (exact) mass is 482 g/mol. The minimum Gasteiger partial charge on any atom is -0.485 e. The summed E-state index contributed by atoms with van der Waals surface area (Å²) in [6.07, 6.45) is 0.801. The first-order valence-corrected chi connectivity index (χ1v) is 11.6. The Kier molecular flexibility index (Phi) is 6.45. The van der Waals surface area contributed by atoms with Gasteiger partial charge in [0.05, 0.1) is 17.9 Å². The molecule has 2 aromatic carbocycles. The minimum atomic E-state index is -0.684. The number of amides is 2.